The first kappa shape index (κ1) is 23.9. The molecule has 0 bridgehead atoms. The predicted molar refractivity (Wildman–Crippen MR) is 134 cm³/mol. The molecular formula is C25H21BrN2O5S. The molecule has 0 saturated carbocycles. The first-order valence-corrected chi connectivity index (χ1v) is 12.5. The van der Waals surface area contributed by atoms with Gasteiger partial charge in [-0.1, -0.05) is 40.2 Å². The van der Waals surface area contributed by atoms with Gasteiger partial charge in [-0.3, -0.25) is 9.59 Å². The average molecular weight is 541 g/mol. The van der Waals surface area contributed by atoms with Crippen LogP contribution in [0, 0.1) is 0 Å². The number of ketones is 2. The van der Waals surface area contributed by atoms with E-state index in [0.717, 1.165) is 8.78 Å². The number of sulfonamides is 1. The van der Waals surface area contributed by atoms with Crippen LogP contribution >= 0.6 is 15.9 Å². The monoisotopic (exact) mass is 540 g/mol. The van der Waals surface area contributed by atoms with Crippen LogP contribution in [0.15, 0.2) is 86.6 Å². The molecule has 0 spiro atoms. The van der Waals surface area contributed by atoms with Crippen molar-refractivity contribution in [2.24, 2.45) is 0 Å². The van der Waals surface area contributed by atoms with E-state index in [2.05, 4.69) is 21.2 Å². The maximum Gasteiger partial charge on any atom is 0.242 e. The van der Waals surface area contributed by atoms with Crippen molar-refractivity contribution in [1.82, 2.24) is 4.31 Å². The van der Waals surface area contributed by atoms with E-state index < -0.39 is 10.0 Å². The Morgan fingerprint density at radius 2 is 1.65 bits per heavy atom. The Balaban J connectivity index is 1.64. The van der Waals surface area contributed by atoms with Gasteiger partial charge in [0.15, 0.2) is 11.5 Å². The van der Waals surface area contributed by atoms with Gasteiger partial charge in [0.1, 0.15) is 5.58 Å². The van der Waals surface area contributed by atoms with Gasteiger partial charge in [-0.25, -0.2) is 12.7 Å². The number of anilines is 1. The second-order valence-corrected chi connectivity index (χ2v) is 10.8. The minimum atomic E-state index is -3.67. The number of para-hydroxylation sites is 1. The third-order valence-corrected chi connectivity index (χ3v) is 7.61. The lowest BCUT2D eigenvalue weighted by atomic mass is 10.1. The van der Waals surface area contributed by atoms with E-state index in [-0.39, 0.29) is 34.3 Å². The Morgan fingerprint density at radius 1 is 0.941 bits per heavy atom. The van der Waals surface area contributed by atoms with Crippen molar-refractivity contribution in [2.45, 2.75) is 4.90 Å². The molecule has 3 aromatic carbocycles. The molecule has 0 atom stereocenters. The van der Waals surface area contributed by atoms with Gasteiger partial charge < -0.3 is 9.73 Å². The normalized spacial score (nSPS) is 11.6. The highest BCUT2D eigenvalue weighted by molar-refractivity contribution is 9.10. The van der Waals surface area contributed by atoms with Crippen LogP contribution in [0.1, 0.15) is 26.5 Å². The Bertz CT molecular complexity index is 1490. The summed E-state index contributed by atoms with van der Waals surface area (Å²) in [5.41, 5.74) is 1.60. The molecule has 0 radical (unpaired) electrons. The number of furan rings is 1. The summed E-state index contributed by atoms with van der Waals surface area (Å²) in [6, 6.07) is 19.9. The molecule has 1 heterocycles. The van der Waals surface area contributed by atoms with E-state index in [4.69, 9.17) is 4.42 Å². The molecule has 7 nitrogen and oxygen atoms in total. The van der Waals surface area contributed by atoms with Crippen LogP contribution in [0.4, 0.5) is 5.69 Å². The SMILES string of the molecule is CN(C)S(=O)(=O)c1cccc(C(=O)CNc2c(C(=O)c3ccc(Br)cc3)oc3ccccc23)c1. The van der Waals surface area contributed by atoms with E-state index in [1.54, 1.807) is 48.5 Å². The van der Waals surface area contributed by atoms with Crippen LogP contribution in [0.25, 0.3) is 11.0 Å². The summed E-state index contributed by atoms with van der Waals surface area (Å²) in [4.78, 5) is 26.1. The van der Waals surface area contributed by atoms with Crippen molar-refractivity contribution in [2.75, 3.05) is 26.0 Å². The number of nitrogens with zero attached hydrogens (tertiary/aromatic N) is 1. The van der Waals surface area contributed by atoms with Gasteiger partial charge >= 0.3 is 0 Å². The van der Waals surface area contributed by atoms with Crippen molar-refractivity contribution < 1.29 is 22.4 Å². The van der Waals surface area contributed by atoms with E-state index in [1.165, 1.54) is 32.3 Å². The lowest BCUT2D eigenvalue weighted by Crippen LogP contribution is -2.23. The second kappa shape index (κ2) is 9.54. The molecule has 0 fully saturated rings. The summed E-state index contributed by atoms with van der Waals surface area (Å²) in [5, 5.41) is 3.71. The molecule has 1 aromatic heterocycles. The molecule has 0 unspecified atom stereocenters. The Labute approximate surface area is 205 Å². The van der Waals surface area contributed by atoms with E-state index in [1.807, 2.05) is 6.07 Å². The number of benzene rings is 3. The lowest BCUT2D eigenvalue weighted by Gasteiger charge is -2.12. The zero-order chi connectivity index (χ0) is 24.5. The third-order valence-electron chi connectivity index (χ3n) is 5.27. The smallest absolute Gasteiger partial charge is 0.242 e. The summed E-state index contributed by atoms with van der Waals surface area (Å²) >= 11 is 3.36. The summed E-state index contributed by atoms with van der Waals surface area (Å²) < 4.78 is 32.6. The first-order valence-electron chi connectivity index (χ1n) is 10.3. The maximum atomic E-state index is 13.2. The Kier molecular flexibility index (Phi) is 6.70. The van der Waals surface area contributed by atoms with Crippen LogP contribution in [0.2, 0.25) is 0 Å². The van der Waals surface area contributed by atoms with Crippen molar-refractivity contribution in [3.8, 4) is 0 Å². The van der Waals surface area contributed by atoms with E-state index in [0.29, 0.717) is 22.2 Å². The number of hydrogen-bond donors (Lipinski definition) is 1. The van der Waals surface area contributed by atoms with Gasteiger partial charge in [0, 0.05) is 35.1 Å². The molecular weight excluding hydrogens is 520 g/mol. The van der Waals surface area contributed by atoms with Crippen LogP contribution < -0.4 is 5.32 Å². The molecule has 0 aliphatic rings. The summed E-state index contributed by atoms with van der Waals surface area (Å²) in [7, 11) is -0.814. The number of carbonyl (C=O) groups excluding carboxylic acids is 2. The fourth-order valence-corrected chi connectivity index (χ4v) is 4.64. The molecule has 9 heteroatoms. The highest BCUT2D eigenvalue weighted by Gasteiger charge is 2.23. The molecule has 1 N–H and O–H groups in total. The highest BCUT2D eigenvalue weighted by atomic mass is 79.9. The number of rotatable bonds is 8. The first-order chi connectivity index (χ1) is 16.2. The van der Waals surface area contributed by atoms with Crippen LogP contribution in [0.5, 0.6) is 0 Å². The molecule has 4 aromatic rings. The number of hydrogen-bond acceptors (Lipinski definition) is 6. The molecule has 0 saturated heterocycles. The van der Waals surface area contributed by atoms with Gasteiger partial charge in [-0.2, -0.15) is 0 Å². The number of Topliss-reactive ketones (excluding diaryl/α,β-unsaturated/α-hetero) is 1. The van der Waals surface area contributed by atoms with Crippen molar-refractivity contribution in [1.29, 1.82) is 0 Å². The Morgan fingerprint density at radius 3 is 2.35 bits per heavy atom. The molecule has 0 aliphatic heterocycles. The fourth-order valence-electron chi connectivity index (χ4n) is 3.42. The quantitative estimate of drug-likeness (QED) is 0.317. The average Bonchev–Trinajstić information content (AvgIpc) is 3.21. The van der Waals surface area contributed by atoms with Gasteiger partial charge in [0.2, 0.25) is 15.8 Å². The molecule has 34 heavy (non-hydrogen) atoms. The van der Waals surface area contributed by atoms with Crippen molar-refractivity contribution in [3.63, 3.8) is 0 Å². The Hall–Kier alpha value is -3.27. The van der Waals surface area contributed by atoms with Crippen LogP contribution in [-0.2, 0) is 10.0 Å². The fraction of sp³-hybridized carbons (Fsp3) is 0.120. The molecule has 4 rings (SSSR count). The zero-order valence-electron chi connectivity index (χ0n) is 18.4. The highest BCUT2D eigenvalue weighted by Crippen LogP contribution is 2.32. The summed E-state index contributed by atoms with van der Waals surface area (Å²) in [5.74, 6) is -0.555. The van der Waals surface area contributed by atoms with Crippen molar-refractivity contribution >= 4 is 54.2 Å². The number of halogens is 1. The standard InChI is InChI=1S/C25H21BrN2O5S/c1-28(2)34(31,32)19-7-5-6-17(14-19)21(29)15-27-23-20-8-3-4-9-22(20)33-25(23)24(30)16-10-12-18(26)13-11-16/h3-14,27H,15H2,1-2H3. The predicted octanol–water partition coefficient (Wildman–Crippen LogP) is 4.97. The minimum Gasteiger partial charge on any atom is -0.450 e. The molecule has 0 aliphatic carbocycles. The topological polar surface area (TPSA) is 96.7 Å². The third kappa shape index (κ3) is 4.68. The lowest BCUT2D eigenvalue weighted by molar-refractivity contribution is 0.0997. The van der Waals surface area contributed by atoms with Crippen molar-refractivity contribution in [3.05, 3.63) is 94.2 Å². The number of carbonyl (C=O) groups is 2. The van der Waals surface area contributed by atoms with E-state index in [9.17, 15) is 18.0 Å². The summed E-state index contributed by atoms with van der Waals surface area (Å²) in [6.45, 7) is -0.157. The van der Waals surface area contributed by atoms with E-state index >= 15 is 0 Å². The second-order valence-electron chi connectivity index (χ2n) is 7.73. The maximum absolute atomic E-state index is 13.2. The van der Waals surface area contributed by atoms with Gasteiger partial charge in [0.05, 0.1) is 17.1 Å². The molecule has 174 valence electrons. The van der Waals surface area contributed by atoms with Gasteiger partial charge in [-0.05, 0) is 48.5 Å². The van der Waals surface area contributed by atoms with Crippen LogP contribution in [-0.4, -0.2) is 44.9 Å². The summed E-state index contributed by atoms with van der Waals surface area (Å²) in [6.07, 6.45) is 0. The van der Waals surface area contributed by atoms with Gasteiger partial charge in [-0.15, -0.1) is 0 Å². The minimum absolute atomic E-state index is 0.0308. The number of fused-ring (bicyclic) bond motifs is 1. The largest absolute Gasteiger partial charge is 0.450 e. The molecule has 0 amide bonds. The van der Waals surface area contributed by atoms with Crippen LogP contribution in [0.3, 0.4) is 0 Å². The zero-order valence-corrected chi connectivity index (χ0v) is 20.8. The van der Waals surface area contributed by atoms with Gasteiger partial charge in [0.25, 0.3) is 0 Å². The number of nitrogens with one attached hydrogen (secondary N) is 1.